The van der Waals surface area contributed by atoms with Crippen LogP contribution in [0, 0.1) is 24.0 Å². The maximum Gasteiger partial charge on any atom is 0.273 e. The van der Waals surface area contributed by atoms with Gasteiger partial charge in [0.2, 0.25) is 5.91 Å². The second kappa shape index (κ2) is 8.30. The number of aromatic nitrogens is 1. The van der Waals surface area contributed by atoms with Crippen LogP contribution in [0.4, 0.5) is 5.69 Å². The molecule has 0 aliphatic carbocycles. The quantitative estimate of drug-likeness (QED) is 0.404. The summed E-state index contributed by atoms with van der Waals surface area (Å²) in [7, 11) is 0. The van der Waals surface area contributed by atoms with E-state index < -0.39 is 10.8 Å². The lowest BCUT2D eigenvalue weighted by Gasteiger charge is -2.11. The maximum absolute atomic E-state index is 12.1. The summed E-state index contributed by atoms with van der Waals surface area (Å²) in [5, 5.41) is 15.0. The van der Waals surface area contributed by atoms with E-state index >= 15 is 0 Å². The molecule has 0 bridgehead atoms. The number of hydrogen-bond acceptors (Lipinski definition) is 4. The van der Waals surface area contributed by atoms with E-state index in [2.05, 4.69) is 30.4 Å². The van der Waals surface area contributed by atoms with E-state index in [9.17, 15) is 14.9 Å². The first kappa shape index (κ1) is 19.0. The van der Waals surface area contributed by atoms with E-state index in [4.69, 9.17) is 0 Å². The molecular weight excluding hydrogens is 356 g/mol. The molecule has 0 spiro atoms. The van der Waals surface area contributed by atoms with Gasteiger partial charge >= 0.3 is 0 Å². The van der Waals surface area contributed by atoms with Crippen LogP contribution in [0.5, 0.6) is 0 Å². The van der Waals surface area contributed by atoms with Crippen LogP contribution in [0.15, 0.2) is 65.9 Å². The topological polar surface area (TPSA) is 89.5 Å². The summed E-state index contributed by atoms with van der Waals surface area (Å²) in [6.45, 7) is 4.11. The predicted molar refractivity (Wildman–Crippen MR) is 108 cm³/mol. The molecule has 0 unspecified atom stereocenters. The summed E-state index contributed by atoms with van der Waals surface area (Å²) in [6, 6.07) is 16.0. The Labute approximate surface area is 162 Å². The van der Waals surface area contributed by atoms with Crippen molar-refractivity contribution in [3.05, 3.63) is 93.3 Å². The fourth-order valence-corrected chi connectivity index (χ4v) is 2.94. The molecule has 0 saturated heterocycles. The Kier molecular flexibility index (Phi) is 5.64. The van der Waals surface area contributed by atoms with Gasteiger partial charge in [0.05, 0.1) is 23.3 Å². The maximum atomic E-state index is 12.1. The van der Waals surface area contributed by atoms with Crippen molar-refractivity contribution in [3.8, 4) is 5.69 Å². The average molecular weight is 376 g/mol. The van der Waals surface area contributed by atoms with Crippen LogP contribution in [0.3, 0.4) is 0 Å². The third kappa shape index (κ3) is 4.15. The van der Waals surface area contributed by atoms with Crippen LogP contribution in [-0.2, 0) is 11.2 Å². The number of nitrogens with zero attached hydrogens (tertiary/aromatic N) is 3. The minimum atomic E-state index is -0.497. The molecule has 3 aromatic rings. The third-order valence-corrected chi connectivity index (χ3v) is 4.54. The van der Waals surface area contributed by atoms with E-state index in [1.165, 1.54) is 11.6 Å². The normalized spacial score (nSPS) is 10.9. The van der Waals surface area contributed by atoms with Gasteiger partial charge in [-0.15, -0.1) is 0 Å². The molecule has 0 aliphatic rings. The predicted octanol–water partition coefficient (Wildman–Crippen LogP) is 3.70. The number of hydrazone groups is 1. The molecule has 1 N–H and O–H groups in total. The highest BCUT2D eigenvalue weighted by molar-refractivity contribution is 5.83. The molecule has 1 aromatic heterocycles. The summed E-state index contributed by atoms with van der Waals surface area (Å²) in [4.78, 5) is 22.7. The second-order valence-corrected chi connectivity index (χ2v) is 6.38. The zero-order chi connectivity index (χ0) is 20.1. The Morgan fingerprint density at radius 1 is 1.14 bits per heavy atom. The first-order valence-corrected chi connectivity index (χ1v) is 8.75. The summed E-state index contributed by atoms with van der Waals surface area (Å²) < 4.78 is 1.99. The van der Waals surface area contributed by atoms with Crippen LogP contribution in [0.1, 0.15) is 22.4 Å². The molecule has 1 amide bonds. The molecule has 142 valence electrons. The van der Waals surface area contributed by atoms with E-state index in [0.717, 1.165) is 16.9 Å². The molecule has 3 rings (SSSR count). The van der Waals surface area contributed by atoms with Gasteiger partial charge in [-0.3, -0.25) is 14.9 Å². The van der Waals surface area contributed by atoms with Crippen molar-refractivity contribution in [1.29, 1.82) is 0 Å². The Balaban J connectivity index is 1.71. The number of aryl methyl sites for hydroxylation is 1. The molecule has 0 atom stereocenters. The standard InChI is InChI=1S/C21H20N4O3/c1-15-7-5-11-19(16(15)2)24-12-6-9-18(24)14-22-23-21(26)13-17-8-3-4-10-20(17)25(27)28/h3-12,14H,13H2,1-2H3,(H,23,26). The number of hydrogen-bond donors (Lipinski definition) is 1. The van der Waals surface area contributed by atoms with E-state index in [0.29, 0.717) is 5.56 Å². The molecule has 7 nitrogen and oxygen atoms in total. The fourth-order valence-electron chi connectivity index (χ4n) is 2.94. The van der Waals surface area contributed by atoms with Gasteiger partial charge in [0, 0.05) is 23.5 Å². The summed E-state index contributed by atoms with van der Waals surface area (Å²) in [5.74, 6) is -0.421. The summed E-state index contributed by atoms with van der Waals surface area (Å²) in [6.07, 6.45) is 3.36. The van der Waals surface area contributed by atoms with Crippen molar-refractivity contribution in [2.45, 2.75) is 20.3 Å². The average Bonchev–Trinajstić information content (AvgIpc) is 3.12. The van der Waals surface area contributed by atoms with Gasteiger partial charge in [0.1, 0.15) is 0 Å². The monoisotopic (exact) mass is 376 g/mol. The van der Waals surface area contributed by atoms with Crippen molar-refractivity contribution in [2.75, 3.05) is 0 Å². The summed E-state index contributed by atoms with van der Waals surface area (Å²) >= 11 is 0. The van der Waals surface area contributed by atoms with Crippen LogP contribution >= 0.6 is 0 Å². The molecular formula is C21H20N4O3. The van der Waals surface area contributed by atoms with Gasteiger partial charge in [-0.2, -0.15) is 5.10 Å². The molecule has 28 heavy (non-hydrogen) atoms. The highest BCUT2D eigenvalue weighted by Crippen LogP contribution is 2.19. The highest BCUT2D eigenvalue weighted by atomic mass is 16.6. The number of nitro groups is 1. The lowest BCUT2D eigenvalue weighted by molar-refractivity contribution is -0.385. The van der Waals surface area contributed by atoms with Gasteiger partial charge in [0.15, 0.2) is 0 Å². The first-order valence-electron chi connectivity index (χ1n) is 8.75. The number of nitro benzene ring substituents is 1. The van der Waals surface area contributed by atoms with Gasteiger partial charge in [-0.25, -0.2) is 5.43 Å². The van der Waals surface area contributed by atoms with E-state index in [1.54, 1.807) is 24.4 Å². The Morgan fingerprint density at radius 2 is 1.93 bits per heavy atom. The number of nitrogens with one attached hydrogen (secondary N) is 1. The summed E-state index contributed by atoms with van der Waals surface area (Å²) in [5.41, 5.74) is 6.90. The molecule has 0 fully saturated rings. The number of rotatable bonds is 6. The first-order chi connectivity index (χ1) is 13.5. The number of carbonyl (C=O) groups is 1. The zero-order valence-electron chi connectivity index (χ0n) is 15.6. The van der Waals surface area contributed by atoms with Crippen LogP contribution < -0.4 is 5.43 Å². The van der Waals surface area contributed by atoms with Crippen molar-refractivity contribution >= 4 is 17.8 Å². The Bertz CT molecular complexity index is 1050. The SMILES string of the molecule is Cc1cccc(-n2cccc2C=NNC(=O)Cc2ccccc2[N+](=O)[O-])c1C. The Hall–Kier alpha value is -3.74. The molecule has 0 radical (unpaired) electrons. The number of para-hydroxylation sites is 1. The largest absolute Gasteiger partial charge is 0.315 e. The highest BCUT2D eigenvalue weighted by Gasteiger charge is 2.15. The van der Waals surface area contributed by atoms with E-state index in [-0.39, 0.29) is 12.1 Å². The molecule has 0 aliphatic heterocycles. The zero-order valence-corrected chi connectivity index (χ0v) is 15.6. The van der Waals surface area contributed by atoms with Crippen molar-refractivity contribution in [3.63, 3.8) is 0 Å². The van der Waals surface area contributed by atoms with Crippen molar-refractivity contribution in [1.82, 2.24) is 9.99 Å². The lowest BCUT2D eigenvalue weighted by atomic mass is 10.1. The van der Waals surface area contributed by atoms with Crippen LogP contribution in [0.25, 0.3) is 5.69 Å². The smallest absolute Gasteiger partial charge is 0.273 e. The van der Waals surface area contributed by atoms with Crippen molar-refractivity contribution < 1.29 is 9.72 Å². The van der Waals surface area contributed by atoms with E-state index in [1.807, 2.05) is 35.0 Å². The molecule has 7 heteroatoms. The van der Waals surface area contributed by atoms with Gasteiger partial charge in [-0.05, 0) is 43.2 Å². The van der Waals surface area contributed by atoms with Gasteiger partial charge in [-0.1, -0.05) is 30.3 Å². The third-order valence-electron chi connectivity index (χ3n) is 4.54. The number of amides is 1. The number of benzene rings is 2. The lowest BCUT2D eigenvalue weighted by Crippen LogP contribution is -2.20. The second-order valence-electron chi connectivity index (χ2n) is 6.38. The van der Waals surface area contributed by atoms with Gasteiger partial charge in [0.25, 0.3) is 5.69 Å². The minimum absolute atomic E-state index is 0.0783. The minimum Gasteiger partial charge on any atom is -0.315 e. The Morgan fingerprint density at radius 3 is 2.71 bits per heavy atom. The van der Waals surface area contributed by atoms with Crippen LogP contribution in [0.2, 0.25) is 0 Å². The van der Waals surface area contributed by atoms with Gasteiger partial charge < -0.3 is 4.57 Å². The molecule has 1 heterocycles. The van der Waals surface area contributed by atoms with Crippen molar-refractivity contribution in [2.24, 2.45) is 5.10 Å². The fraction of sp³-hybridized carbons (Fsp3) is 0.143. The number of carbonyl (C=O) groups excluding carboxylic acids is 1. The van der Waals surface area contributed by atoms with Crippen LogP contribution in [-0.4, -0.2) is 21.6 Å². The molecule has 2 aromatic carbocycles. The molecule has 0 saturated carbocycles.